The number of aliphatic carboxylic acids is 1. The number of hydrogen-bond acceptors (Lipinski definition) is 2. The summed E-state index contributed by atoms with van der Waals surface area (Å²) in [5.74, 6) is -4.09. The molecule has 2 atom stereocenters. The van der Waals surface area contributed by atoms with Crippen LogP contribution in [0.15, 0.2) is 0 Å². The van der Waals surface area contributed by atoms with Crippen molar-refractivity contribution in [2.45, 2.75) is 26.4 Å². The first kappa shape index (κ1) is 14.8. The molecule has 0 aromatic heterocycles. The highest BCUT2D eigenvalue weighted by Crippen LogP contribution is 2.31. The number of alkyl halides is 3. The quantitative estimate of drug-likeness (QED) is 0.829. The van der Waals surface area contributed by atoms with Crippen molar-refractivity contribution in [2.24, 2.45) is 17.8 Å². The van der Waals surface area contributed by atoms with Crippen LogP contribution in [0.4, 0.5) is 13.2 Å². The largest absolute Gasteiger partial charge is 0.481 e. The molecule has 1 aliphatic heterocycles. The van der Waals surface area contributed by atoms with Crippen LogP contribution < -0.4 is 0 Å². The van der Waals surface area contributed by atoms with E-state index >= 15 is 0 Å². The minimum absolute atomic E-state index is 0.0694. The van der Waals surface area contributed by atoms with Gasteiger partial charge in [-0.1, -0.05) is 13.8 Å². The van der Waals surface area contributed by atoms with E-state index in [1.165, 1.54) is 0 Å². The van der Waals surface area contributed by atoms with Crippen molar-refractivity contribution in [1.82, 2.24) is 4.90 Å². The third kappa shape index (κ3) is 3.14. The van der Waals surface area contributed by atoms with Crippen molar-refractivity contribution in [3.05, 3.63) is 0 Å². The molecule has 1 amide bonds. The van der Waals surface area contributed by atoms with Gasteiger partial charge in [-0.05, 0) is 18.3 Å². The van der Waals surface area contributed by atoms with Gasteiger partial charge in [-0.25, -0.2) is 0 Å². The van der Waals surface area contributed by atoms with Crippen LogP contribution in [0.3, 0.4) is 0 Å². The molecule has 0 spiro atoms. The predicted molar refractivity (Wildman–Crippen MR) is 56.7 cm³/mol. The molecule has 1 saturated heterocycles. The fourth-order valence-corrected chi connectivity index (χ4v) is 2.33. The first-order chi connectivity index (χ1) is 8.14. The second kappa shape index (κ2) is 5.16. The van der Waals surface area contributed by atoms with E-state index in [1.807, 2.05) is 0 Å². The van der Waals surface area contributed by atoms with Gasteiger partial charge in [-0.3, -0.25) is 9.59 Å². The standard InChI is InChI=1S/C11H16F3NO3/c1-6(2)8-5-15(10(18)11(12,13)14)4-3-7(8)9(16)17/h6-8H,3-5H2,1-2H3,(H,16,17). The first-order valence-corrected chi connectivity index (χ1v) is 5.73. The molecule has 2 unspecified atom stereocenters. The average molecular weight is 267 g/mol. The Morgan fingerprint density at radius 1 is 1.33 bits per heavy atom. The maximum atomic E-state index is 12.3. The Kier molecular flexibility index (Phi) is 4.24. The Bertz CT molecular complexity index is 341. The summed E-state index contributed by atoms with van der Waals surface area (Å²) < 4.78 is 36.9. The summed E-state index contributed by atoms with van der Waals surface area (Å²) in [6.45, 7) is 3.20. The number of carbonyl (C=O) groups is 2. The number of nitrogens with zero attached hydrogens (tertiary/aromatic N) is 1. The van der Waals surface area contributed by atoms with Crippen molar-refractivity contribution < 1.29 is 27.9 Å². The molecular formula is C11H16F3NO3. The number of carbonyl (C=O) groups excluding carboxylic acids is 1. The van der Waals surface area contributed by atoms with Crippen LogP contribution in [0.25, 0.3) is 0 Å². The van der Waals surface area contributed by atoms with E-state index in [0.29, 0.717) is 4.90 Å². The third-order valence-corrected chi connectivity index (χ3v) is 3.36. The Hall–Kier alpha value is -1.27. The lowest BCUT2D eigenvalue weighted by Gasteiger charge is -2.38. The van der Waals surface area contributed by atoms with Crippen LogP contribution >= 0.6 is 0 Å². The van der Waals surface area contributed by atoms with Crippen LogP contribution in [-0.2, 0) is 9.59 Å². The molecular weight excluding hydrogens is 251 g/mol. The van der Waals surface area contributed by atoms with E-state index in [1.54, 1.807) is 13.8 Å². The number of rotatable bonds is 2. The van der Waals surface area contributed by atoms with Gasteiger partial charge in [-0.15, -0.1) is 0 Å². The zero-order valence-corrected chi connectivity index (χ0v) is 10.2. The van der Waals surface area contributed by atoms with Gasteiger partial charge in [-0.2, -0.15) is 13.2 Å². The molecule has 104 valence electrons. The van der Waals surface area contributed by atoms with Gasteiger partial charge in [0.25, 0.3) is 0 Å². The Morgan fingerprint density at radius 2 is 1.89 bits per heavy atom. The molecule has 0 aromatic rings. The van der Waals surface area contributed by atoms with Gasteiger partial charge in [0.2, 0.25) is 0 Å². The van der Waals surface area contributed by atoms with Crippen molar-refractivity contribution in [2.75, 3.05) is 13.1 Å². The Morgan fingerprint density at radius 3 is 2.28 bits per heavy atom. The van der Waals surface area contributed by atoms with Gasteiger partial charge in [0, 0.05) is 13.1 Å². The van der Waals surface area contributed by atoms with Gasteiger partial charge in [0.15, 0.2) is 0 Å². The highest BCUT2D eigenvalue weighted by Gasteiger charge is 2.46. The van der Waals surface area contributed by atoms with E-state index in [4.69, 9.17) is 5.11 Å². The second-order valence-electron chi connectivity index (χ2n) is 4.89. The van der Waals surface area contributed by atoms with Crippen LogP contribution in [0.5, 0.6) is 0 Å². The van der Waals surface area contributed by atoms with Gasteiger partial charge < -0.3 is 10.0 Å². The fraction of sp³-hybridized carbons (Fsp3) is 0.818. The molecule has 1 heterocycles. The molecule has 1 fully saturated rings. The number of carboxylic acid groups (broad SMARTS) is 1. The molecule has 1 rings (SSSR count). The van der Waals surface area contributed by atoms with E-state index in [2.05, 4.69) is 0 Å². The number of carboxylic acids is 1. The number of piperidine rings is 1. The number of halogens is 3. The van der Waals surface area contributed by atoms with Crippen LogP contribution in [-0.4, -0.2) is 41.1 Å². The lowest BCUT2D eigenvalue weighted by molar-refractivity contribution is -0.189. The predicted octanol–water partition coefficient (Wildman–Crippen LogP) is 1.75. The fourth-order valence-electron chi connectivity index (χ4n) is 2.33. The summed E-state index contributed by atoms with van der Waals surface area (Å²) in [5, 5.41) is 9.02. The monoisotopic (exact) mass is 267 g/mol. The van der Waals surface area contributed by atoms with E-state index < -0.39 is 29.9 Å². The Balaban J connectivity index is 2.81. The molecule has 0 bridgehead atoms. The summed E-state index contributed by atoms with van der Waals surface area (Å²) >= 11 is 0. The van der Waals surface area contributed by atoms with Crippen molar-refractivity contribution in [3.8, 4) is 0 Å². The average Bonchev–Trinajstić information content (AvgIpc) is 2.25. The summed E-state index contributed by atoms with van der Waals surface area (Å²) in [4.78, 5) is 22.8. The van der Waals surface area contributed by atoms with Gasteiger partial charge in [0.1, 0.15) is 0 Å². The third-order valence-electron chi connectivity index (χ3n) is 3.36. The molecule has 0 aromatic carbocycles. The normalized spacial score (nSPS) is 25.3. The molecule has 7 heteroatoms. The lowest BCUT2D eigenvalue weighted by Crippen LogP contribution is -2.51. The van der Waals surface area contributed by atoms with Crippen LogP contribution in [0, 0.1) is 17.8 Å². The highest BCUT2D eigenvalue weighted by molar-refractivity contribution is 5.82. The molecule has 0 aliphatic carbocycles. The molecule has 4 nitrogen and oxygen atoms in total. The number of likely N-dealkylation sites (tertiary alicyclic amines) is 1. The maximum absolute atomic E-state index is 12.3. The summed E-state index contributed by atoms with van der Waals surface area (Å²) in [7, 11) is 0. The Labute approximate surface area is 103 Å². The van der Waals surface area contributed by atoms with Crippen LogP contribution in [0.1, 0.15) is 20.3 Å². The SMILES string of the molecule is CC(C)C1CN(C(=O)C(F)(F)F)CCC1C(=O)O. The summed E-state index contributed by atoms with van der Waals surface area (Å²) in [5.41, 5.74) is 0. The molecule has 0 saturated carbocycles. The minimum atomic E-state index is -4.89. The van der Waals surface area contributed by atoms with Gasteiger partial charge in [0.05, 0.1) is 5.92 Å². The van der Waals surface area contributed by atoms with E-state index in [0.717, 1.165) is 0 Å². The van der Waals surface area contributed by atoms with E-state index in [-0.39, 0.29) is 25.4 Å². The molecule has 1 aliphatic rings. The summed E-state index contributed by atoms with van der Waals surface area (Å²) in [6.07, 6.45) is -4.82. The molecule has 18 heavy (non-hydrogen) atoms. The minimum Gasteiger partial charge on any atom is -0.481 e. The smallest absolute Gasteiger partial charge is 0.471 e. The van der Waals surface area contributed by atoms with E-state index in [9.17, 15) is 22.8 Å². The highest BCUT2D eigenvalue weighted by atomic mass is 19.4. The maximum Gasteiger partial charge on any atom is 0.471 e. The lowest BCUT2D eigenvalue weighted by atomic mass is 9.78. The van der Waals surface area contributed by atoms with Crippen molar-refractivity contribution in [1.29, 1.82) is 0 Å². The van der Waals surface area contributed by atoms with Crippen molar-refractivity contribution >= 4 is 11.9 Å². The zero-order valence-electron chi connectivity index (χ0n) is 10.2. The molecule has 1 N–H and O–H groups in total. The van der Waals surface area contributed by atoms with Crippen molar-refractivity contribution in [3.63, 3.8) is 0 Å². The summed E-state index contributed by atoms with van der Waals surface area (Å²) in [6, 6.07) is 0. The number of amides is 1. The van der Waals surface area contributed by atoms with Crippen LogP contribution in [0.2, 0.25) is 0 Å². The first-order valence-electron chi connectivity index (χ1n) is 5.73. The molecule has 0 radical (unpaired) electrons. The van der Waals surface area contributed by atoms with Gasteiger partial charge >= 0.3 is 18.1 Å². The second-order valence-corrected chi connectivity index (χ2v) is 4.89. The topological polar surface area (TPSA) is 57.6 Å². The number of hydrogen-bond donors (Lipinski definition) is 1. The zero-order chi connectivity index (χ0) is 14.1.